The van der Waals surface area contributed by atoms with Gasteiger partial charge in [-0.2, -0.15) is 0 Å². The highest BCUT2D eigenvalue weighted by Gasteiger charge is 2.45. The number of hydrazone groups is 1. The molecule has 1 unspecified atom stereocenters. The third-order valence-corrected chi connectivity index (χ3v) is 4.52. The molecule has 150 valence electrons. The molecule has 2 aromatic heterocycles. The van der Waals surface area contributed by atoms with Crippen molar-refractivity contribution >= 4 is 40.7 Å². The fourth-order valence-electron chi connectivity index (χ4n) is 3.18. The Balaban J connectivity index is 1.68. The fraction of sp³-hybridized carbons (Fsp3) is 0.316. The van der Waals surface area contributed by atoms with Crippen molar-refractivity contribution in [1.82, 2.24) is 20.3 Å². The molecule has 10 heteroatoms. The molecule has 29 heavy (non-hydrogen) atoms. The Morgan fingerprint density at radius 1 is 1.48 bits per heavy atom. The Morgan fingerprint density at radius 3 is 3.14 bits per heavy atom. The SMILES string of the molecule is CCOC(=O)C1C(=O)/C(=C/c2c[nH]c3ncccc23)O/C1=N/N1CCNC(=O)C1. The minimum Gasteiger partial charge on any atom is -0.465 e. The standard InChI is InChI=1S/C19H19N5O5/c1-2-28-19(27)15-16(26)13(8-11-9-22-17-12(11)4-3-5-21-17)29-18(15)23-24-7-6-20-14(25)10-24/h3-5,8-9,15H,2,6-7,10H2,1H3,(H,20,25)(H,21,22)/b13-8-,23-18+. The number of hydrogen-bond donors (Lipinski definition) is 2. The van der Waals surface area contributed by atoms with Crippen molar-refractivity contribution in [1.29, 1.82) is 0 Å². The summed E-state index contributed by atoms with van der Waals surface area (Å²) in [5.41, 5.74) is 1.36. The van der Waals surface area contributed by atoms with Gasteiger partial charge in [-0.25, -0.2) is 4.98 Å². The maximum atomic E-state index is 12.9. The van der Waals surface area contributed by atoms with Gasteiger partial charge in [0, 0.05) is 29.9 Å². The number of amides is 1. The van der Waals surface area contributed by atoms with Gasteiger partial charge >= 0.3 is 5.97 Å². The Morgan fingerprint density at radius 2 is 2.34 bits per heavy atom. The summed E-state index contributed by atoms with van der Waals surface area (Å²) in [6.45, 7) is 2.65. The lowest BCUT2D eigenvalue weighted by Crippen LogP contribution is -2.46. The Bertz CT molecular complexity index is 1040. The zero-order valence-corrected chi connectivity index (χ0v) is 15.7. The van der Waals surface area contributed by atoms with Gasteiger partial charge in [-0.05, 0) is 25.1 Å². The molecule has 2 aromatic rings. The van der Waals surface area contributed by atoms with Crippen molar-refractivity contribution in [3.63, 3.8) is 0 Å². The van der Waals surface area contributed by atoms with Gasteiger partial charge in [-0.3, -0.25) is 19.4 Å². The number of carbonyl (C=O) groups is 3. The van der Waals surface area contributed by atoms with Crippen LogP contribution in [0.1, 0.15) is 12.5 Å². The van der Waals surface area contributed by atoms with E-state index in [2.05, 4.69) is 20.4 Å². The number of allylic oxidation sites excluding steroid dienone is 1. The van der Waals surface area contributed by atoms with E-state index in [-0.39, 0.29) is 30.7 Å². The third kappa shape index (κ3) is 3.68. The largest absolute Gasteiger partial charge is 0.465 e. The molecule has 1 atom stereocenters. The van der Waals surface area contributed by atoms with E-state index in [0.29, 0.717) is 24.3 Å². The fourth-order valence-corrected chi connectivity index (χ4v) is 3.18. The number of aromatic amines is 1. The molecule has 2 aliphatic rings. The molecule has 2 saturated heterocycles. The first-order valence-corrected chi connectivity index (χ1v) is 9.19. The quantitative estimate of drug-likeness (QED) is 0.435. The first kappa shape index (κ1) is 18.7. The van der Waals surface area contributed by atoms with Gasteiger partial charge < -0.3 is 19.8 Å². The normalized spacial score (nSPS) is 22.2. The summed E-state index contributed by atoms with van der Waals surface area (Å²) >= 11 is 0. The van der Waals surface area contributed by atoms with E-state index in [1.54, 1.807) is 31.5 Å². The maximum absolute atomic E-state index is 12.9. The van der Waals surface area contributed by atoms with Gasteiger partial charge in [0.25, 0.3) is 0 Å². The van der Waals surface area contributed by atoms with E-state index in [1.807, 2.05) is 6.07 Å². The van der Waals surface area contributed by atoms with E-state index in [4.69, 9.17) is 9.47 Å². The number of nitrogens with zero attached hydrogens (tertiary/aromatic N) is 3. The summed E-state index contributed by atoms with van der Waals surface area (Å²) in [5.74, 6) is -2.88. The zero-order valence-electron chi connectivity index (χ0n) is 15.7. The lowest BCUT2D eigenvalue weighted by molar-refractivity contribution is -0.147. The van der Waals surface area contributed by atoms with Crippen LogP contribution in [-0.2, 0) is 23.9 Å². The summed E-state index contributed by atoms with van der Waals surface area (Å²) in [7, 11) is 0. The summed E-state index contributed by atoms with van der Waals surface area (Å²) in [6.07, 6.45) is 4.90. The number of Topliss-reactive ketones (excluding diaryl/α,β-unsaturated/α-hetero) is 1. The van der Waals surface area contributed by atoms with Gasteiger partial charge in [0.2, 0.25) is 23.5 Å². The second-order valence-electron chi connectivity index (χ2n) is 6.48. The molecule has 1 amide bonds. The molecule has 0 bridgehead atoms. The van der Waals surface area contributed by atoms with Crippen molar-refractivity contribution in [3.8, 4) is 0 Å². The molecule has 0 saturated carbocycles. The monoisotopic (exact) mass is 397 g/mol. The molecule has 2 N–H and O–H groups in total. The van der Waals surface area contributed by atoms with Crippen LogP contribution in [0.25, 0.3) is 17.1 Å². The zero-order chi connectivity index (χ0) is 20.4. The van der Waals surface area contributed by atoms with Crippen molar-refractivity contribution in [2.24, 2.45) is 11.0 Å². The van der Waals surface area contributed by atoms with Gasteiger partial charge in [-0.1, -0.05) is 0 Å². The summed E-state index contributed by atoms with van der Waals surface area (Å²) in [4.78, 5) is 44.1. The first-order chi connectivity index (χ1) is 14.1. The number of esters is 1. The highest BCUT2D eigenvalue weighted by Crippen LogP contribution is 2.28. The molecule has 0 radical (unpaired) electrons. The van der Waals surface area contributed by atoms with Crippen LogP contribution in [-0.4, -0.2) is 64.8 Å². The lowest BCUT2D eigenvalue weighted by atomic mass is 10.0. The highest BCUT2D eigenvalue weighted by molar-refractivity contribution is 6.27. The number of nitrogens with one attached hydrogen (secondary N) is 2. The van der Waals surface area contributed by atoms with Crippen LogP contribution in [0.15, 0.2) is 35.4 Å². The molecule has 10 nitrogen and oxygen atoms in total. The number of rotatable bonds is 4. The van der Waals surface area contributed by atoms with E-state index in [9.17, 15) is 14.4 Å². The van der Waals surface area contributed by atoms with Crippen molar-refractivity contribution in [2.75, 3.05) is 26.2 Å². The van der Waals surface area contributed by atoms with Gasteiger partial charge in [0.1, 0.15) is 12.2 Å². The van der Waals surface area contributed by atoms with Crippen molar-refractivity contribution in [3.05, 3.63) is 35.8 Å². The van der Waals surface area contributed by atoms with Crippen LogP contribution < -0.4 is 5.32 Å². The number of hydrogen-bond acceptors (Lipinski definition) is 8. The summed E-state index contributed by atoms with van der Waals surface area (Å²) < 4.78 is 10.7. The third-order valence-electron chi connectivity index (χ3n) is 4.52. The number of piperazine rings is 1. The maximum Gasteiger partial charge on any atom is 0.326 e. The predicted octanol–water partition coefficient (Wildman–Crippen LogP) is 0.428. The molecule has 0 aliphatic carbocycles. The molecule has 0 aromatic carbocycles. The number of H-pyrrole nitrogens is 1. The van der Waals surface area contributed by atoms with E-state index < -0.39 is 17.7 Å². The van der Waals surface area contributed by atoms with Gasteiger partial charge in [0.15, 0.2) is 5.76 Å². The minimum absolute atomic E-state index is 0.0176. The number of ether oxygens (including phenoxy) is 2. The number of pyridine rings is 1. The van der Waals surface area contributed by atoms with E-state index in [0.717, 1.165) is 5.39 Å². The second kappa shape index (κ2) is 7.74. The Hall–Kier alpha value is -3.69. The van der Waals surface area contributed by atoms with E-state index in [1.165, 1.54) is 5.01 Å². The van der Waals surface area contributed by atoms with Crippen molar-refractivity contribution in [2.45, 2.75) is 6.92 Å². The van der Waals surface area contributed by atoms with Crippen LogP contribution in [0.3, 0.4) is 0 Å². The number of ketones is 1. The van der Waals surface area contributed by atoms with E-state index >= 15 is 0 Å². The average molecular weight is 397 g/mol. The molecule has 4 heterocycles. The molecular formula is C19H19N5O5. The Labute approximate surface area is 165 Å². The lowest BCUT2D eigenvalue weighted by Gasteiger charge is -2.24. The van der Waals surface area contributed by atoms with Crippen LogP contribution >= 0.6 is 0 Å². The van der Waals surface area contributed by atoms with Gasteiger partial charge in [-0.15, -0.1) is 5.10 Å². The number of aromatic nitrogens is 2. The van der Waals surface area contributed by atoms with Crippen LogP contribution in [0.2, 0.25) is 0 Å². The number of fused-ring (bicyclic) bond motifs is 1. The average Bonchev–Trinajstić information content (AvgIpc) is 3.24. The van der Waals surface area contributed by atoms with Crippen LogP contribution in [0.4, 0.5) is 0 Å². The van der Waals surface area contributed by atoms with Crippen molar-refractivity contribution < 1.29 is 23.9 Å². The smallest absolute Gasteiger partial charge is 0.326 e. The van der Waals surface area contributed by atoms with Gasteiger partial charge in [0.05, 0.1) is 13.2 Å². The predicted molar refractivity (Wildman–Crippen MR) is 102 cm³/mol. The second-order valence-corrected chi connectivity index (χ2v) is 6.48. The topological polar surface area (TPSA) is 126 Å². The molecule has 0 spiro atoms. The summed E-state index contributed by atoms with van der Waals surface area (Å²) in [6, 6.07) is 3.64. The molecular weight excluding hydrogens is 378 g/mol. The first-order valence-electron chi connectivity index (χ1n) is 9.19. The summed E-state index contributed by atoms with van der Waals surface area (Å²) in [5, 5.41) is 9.20. The molecule has 2 fully saturated rings. The van der Waals surface area contributed by atoms with Crippen LogP contribution in [0.5, 0.6) is 0 Å². The molecule has 4 rings (SSSR count). The minimum atomic E-state index is -1.30. The number of carbonyl (C=O) groups excluding carboxylic acids is 3. The molecule has 2 aliphatic heterocycles. The Kier molecular flexibility index (Phi) is 4.98. The highest BCUT2D eigenvalue weighted by atomic mass is 16.5. The van der Waals surface area contributed by atoms with Crippen LogP contribution in [0, 0.1) is 5.92 Å².